The van der Waals surface area contributed by atoms with E-state index < -0.39 is 5.97 Å². The molecule has 0 aliphatic heterocycles. The monoisotopic (exact) mass is 293 g/mol. The minimum absolute atomic E-state index is 0.0881. The topological polar surface area (TPSA) is 80.4 Å². The molecule has 1 unspecified atom stereocenters. The summed E-state index contributed by atoms with van der Waals surface area (Å²) >= 11 is 0. The SMILES string of the molecule is CCCC(C)N.CCCCC(=O)c1ccccc1C(=O)O. The van der Waals surface area contributed by atoms with Crippen LogP contribution in [0.25, 0.3) is 0 Å². The summed E-state index contributed by atoms with van der Waals surface area (Å²) in [5, 5.41) is 8.89. The second kappa shape index (κ2) is 11.0. The number of rotatable bonds is 7. The molecule has 0 spiro atoms. The number of unbranched alkanes of at least 4 members (excludes halogenated alkanes) is 1. The van der Waals surface area contributed by atoms with E-state index in [0.717, 1.165) is 19.3 Å². The molecule has 0 saturated heterocycles. The Labute approximate surface area is 127 Å². The van der Waals surface area contributed by atoms with Gasteiger partial charge >= 0.3 is 5.97 Å². The average Bonchev–Trinajstić information content (AvgIpc) is 2.45. The normalized spacial score (nSPS) is 11.2. The molecule has 0 amide bonds. The van der Waals surface area contributed by atoms with E-state index in [1.807, 2.05) is 13.8 Å². The summed E-state index contributed by atoms with van der Waals surface area (Å²) in [5.74, 6) is -1.13. The molecule has 1 atom stereocenters. The Hall–Kier alpha value is -1.68. The molecule has 0 bridgehead atoms. The number of nitrogens with two attached hydrogens (primary N) is 1. The van der Waals surface area contributed by atoms with Gasteiger partial charge < -0.3 is 10.8 Å². The van der Waals surface area contributed by atoms with E-state index in [1.165, 1.54) is 12.5 Å². The number of hydrogen-bond donors (Lipinski definition) is 2. The molecule has 0 saturated carbocycles. The third kappa shape index (κ3) is 8.25. The summed E-state index contributed by atoms with van der Waals surface area (Å²) in [6.45, 7) is 6.17. The molecule has 0 aliphatic rings. The fraction of sp³-hybridized carbons (Fsp3) is 0.529. The van der Waals surface area contributed by atoms with Crippen LogP contribution in [0.4, 0.5) is 0 Å². The van der Waals surface area contributed by atoms with Gasteiger partial charge in [0.1, 0.15) is 0 Å². The first-order valence-corrected chi connectivity index (χ1v) is 7.55. The molecule has 118 valence electrons. The first-order valence-electron chi connectivity index (χ1n) is 7.55. The highest BCUT2D eigenvalue weighted by atomic mass is 16.4. The van der Waals surface area contributed by atoms with Crippen LogP contribution < -0.4 is 5.73 Å². The van der Waals surface area contributed by atoms with Gasteiger partial charge in [-0.3, -0.25) is 4.79 Å². The fourth-order valence-corrected chi connectivity index (χ4v) is 1.84. The van der Waals surface area contributed by atoms with Gasteiger partial charge in [-0.2, -0.15) is 0 Å². The van der Waals surface area contributed by atoms with Crippen LogP contribution in [0.15, 0.2) is 24.3 Å². The zero-order valence-corrected chi connectivity index (χ0v) is 13.3. The molecular formula is C17H27NO3. The summed E-state index contributed by atoms with van der Waals surface area (Å²) in [5.41, 5.74) is 5.82. The maximum Gasteiger partial charge on any atom is 0.336 e. The van der Waals surface area contributed by atoms with E-state index in [9.17, 15) is 9.59 Å². The van der Waals surface area contributed by atoms with Gasteiger partial charge in [-0.25, -0.2) is 4.79 Å². The van der Waals surface area contributed by atoms with Gasteiger partial charge in [0.15, 0.2) is 5.78 Å². The molecule has 1 rings (SSSR count). The lowest BCUT2D eigenvalue weighted by atomic mass is 10.0. The summed E-state index contributed by atoms with van der Waals surface area (Å²) in [6.07, 6.45) is 4.51. The highest BCUT2D eigenvalue weighted by Gasteiger charge is 2.14. The van der Waals surface area contributed by atoms with E-state index in [1.54, 1.807) is 18.2 Å². The molecule has 4 nitrogen and oxygen atoms in total. The predicted molar refractivity (Wildman–Crippen MR) is 85.8 cm³/mol. The minimum Gasteiger partial charge on any atom is -0.478 e. The van der Waals surface area contributed by atoms with E-state index in [0.29, 0.717) is 18.0 Å². The smallest absolute Gasteiger partial charge is 0.336 e. The van der Waals surface area contributed by atoms with Crippen LogP contribution in [0.1, 0.15) is 73.6 Å². The number of carbonyl (C=O) groups excluding carboxylic acids is 1. The van der Waals surface area contributed by atoms with E-state index >= 15 is 0 Å². The van der Waals surface area contributed by atoms with E-state index in [-0.39, 0.29) is 11.3 Å². The largest absolute Gasteiger partial charge is 0.478 e. The molecule has 0 fully saturated rings. The van der Waals surface area contributed by atoms with E-state index in [2.05, 4.69) is 6.92 Å². The van der Waals surface area contributed by atoms with Crippen molar-refractivity contribution in [1.82, 2.24) is 0 Å². The molecular weight excluding hydrogens is 266 g/mol. The second-order valence-corrected chi connectivity index (χ2v) is 5.14. The number of ketones is 1. The van der Waals surface area contributed by atoms with Crippen molar-refractivity contribution in [3.8, 4) is 0 Å². The van der Waals surface area contributed by atoms with E-state index in [4.69, 9.17) is 10.8 Å². The number of Topliss-reactive ketones (excluding diaryl/α,β-unsaturated/α-hetero) is 1. The molecule has 0 radical (unpaired) electrons. The van der Waals surface area contributed by atoms with Crippen molar-refractivity contribution in [3.63, 3.8) is 0 Å². The van der Waals surface area contributed by atoms with Crippen LogP contribution in [0.5, 0.6) is 0 Å². The zero-order valence-electron chi connectivity index (χ0n) is 13.3. The minimum atomic E-state index is -1.05. The standard InChI is InChI=1S/C12H14O3.C5H13N/c1-2-3-8-11(13)9-6-4-5-7-10(9)12(14)15;1-3-4-5(2)6/h4-7H,2-3,8H2,1H3,(H,14,15);5H,3-4,6H2,1-2H3. The second-order valence-electron chi connectivity index (χ2n) is 5.14. The molecule has 21 heavy (non-hydrogen) atoms. The van der Waals surface area contributed by atoms with Crippen LogP contribution in [0.3, 0.4) is 0 Å². The van der Waals surface area contributed by atoms with Crippen molar-refractivity contribution in [2.75, 3.05) is 0 Å². The van der Waals surface area contributed by atoms with Gasteiger partial charge in [-0.05, 0) is 25.8 Å². The first kappa shape index (κ1) is 19.3. The van der Waals surface area contributed by atoms with Crippen LogP contribution in [-0.2, 0) is 0 Å². The Balaban J connectivity index is 0.000000567. The lowest BCUT2D eigenvalue weighted by Gasteiger charge is -2.03. The predicted octanol–water partition coefficient (Wildman–Crippen LogP) is 3.89. The highest BCUT2D eigenvalue weighted by molar-refractivity contribution is 6.05. The summed E-state index contributed by atoms with van der Waals surface area (Å²) in [6, 6.07) is 6.74. The number of aromatic carboxylic acids is 1. The van der Waals surface area contributed by atoms with Crippen LogP contribution >= 0.6 is 0 Å². The van der Waals surface area contributed by atoms with Crippen molar-refractivity contribution in [2.45, 2.75) is 58.9 Å². The maximum absolute atomic E-state index is 11.7. The maximum atomic E-state index is 11.7. The highest BCUT2D eigenvalue weighted by Crippen LogP contribution is 2.12. The van der Waals surface area contributed by atoms with Crippen LogP contribution in [0, 0.1) is 0 Å². The van der Waals surface area contributed by atoms with Crippen LogP contribution in [-0.4, -0.2) is 22.9 Å². The Bertz CT molecular complexity index is 441. The van der Waals surface area contributed by atoms with Crippen molar-refractivity contribution in [3.05, 3.63) is 35.4 Å². The summed E-state index contributed by atoms with van der Waals surface area (Å²) < 4.78 is 0. The molecule has 0 aliphatic carbocycles. The van der Waals surface area contributed by atoms with Crippen molar-refractivity contribution in [1.29, 1.82) is 0 Å². The molecule has 4 heteroatoms. The number of carboxylic acid groups (broad SMARTS) is 1. The molecule has 3 N–H and O–H groups in total. The number of hydrogen-bond acceptors (Lipinski definition) is 3. The van der Waals surface area contributed by atoms with Gasteiger partial charge in [0.25, 0.3) is 0 Å². The lowest BCUT2D eigenvalue weighted by Crippen LogP contribution is -2.13. The number of carbonyl (C=O) groups is 2. The van der Waals surface area contributed by atoms with Crippen molar-refractivity contribution in [2.24, 2.45) is 5.73 Å². The van der Waals surface area contributed by atoms with Gasteiger partial charge in [0.05, 0.1) is 5.56 Å². The molecule has 1 aromatic carbocycles. The third-order valence-electron chi connectivity index (χ3n) is 2.96. The fourth-order valence-electron chi connectivity index (χ4n) is 1.84. The van der Waals surface area contributed by atoms with Gasteiger partial charge in [-0.1, -0.05) is 44.9 Å². The first-order chi connectivity index (χ1) is 9.93. The Morgan fingerprint density at radius 1 is 1.14 bits per heavy atom. The molecule has 0 heterocycles. The zero-order chi connectivity index (χ0) is 16.3. The quantitative estimate of drug-likeness (QED) is 0.747. The Kier molecular flexibility index (Phi) is 10.1. The molecule has 0 aromatic heterocycles. The Morgan fingerprint density at radius 3 is 2.10 bits per heavy atom. The van der Waals surface area contributed by atoms with Crippen molar-refractivity contribution >= 4 is 11.8 Å². The third-order valence-corrected chi connectivity index (χ3v) is 2.96. The van der Waals surface area contributed by atoms with Crippen LogP contribution in [0.2, 0.25) is 0 Å². The summed E-state index contributed by atoms with van der Waals surface area (Å²) in [4.78, 5) is 22.5. The number of carboxylic acids is 1. The lowest BCUT2D eigenvalue weighted by molar-refractivity contribution is 0.0691. The van der Waals surface area contributed by atoms with Crippen molar-refractivity contribution < 1.29 is 14.7 Å². The van der Waals surface area contributed by atoms with Gasteiger partial charge in [-0.15, -0.1) is 0 Å². The molecule has 1 aromatic rings. The average molecular weight is 293 g/mol. The Morgan fingerprint density at radius 2 is 1.71 bits per heavy atom. The summed E-state index contributed by atoms with van der Waals surface area (Å²) in [7, 11) is 0. The van der Waals surface area contributed by atoms with Gasteiger partial charge in [0, 0.05) is 18.0 Å². The number of benzene rings is 1. The van der Waals surface area contributed by atoms with Gasteiger partial charge in [0.2, 0.25) is 0 Å².